The molecule has 2 atom stereocenters. The van der Waals surface area contributed by atoms with Crippen LogP contribution in [-0.4, -0.2) is 48.9 Å². The van der Waals surface area contributed by atoms with Crippen LogP contribution >= 0.6 is 0 Å². The van der Waals surface area contributed by atoms with Crippen LogP contribution in [0.25, 0.3) is 0 Å². The zero-order valence-electron chi connectivity index (χ0n) is 19.5. The molecule has 0 saturated heterocycles. The first-order valence-electron chi connectivity index (χ1n) is 9.31. The van der Waals surface area contributed by atoms with E-state index in [1.165, 1.54) is 13.8 Å². The summed E-state index contributed by atoms with van der Waals surface area (Å²) in [6, 6.07) is 0. The van der Waals surface area contributed by atoms with E-state index in [9.17, 15) is 29.4 Å². The third kappa shape index (κ3) is 38.2. The maximum absolute atomic E-state index is 10.7. The van der Waals surface area contributed by atoms with E-state index in [2.05, 4.69) is 9.47 Å². The Labute approximate surface area is 190 Å². The third-order valence-corrected chi connectivity index (χ3v) is 2.50. The average Bonchev–Trinajstić information content (AvgIpc) is 2.53. The third-order valence-electron chi connectivity index (χ3n) is 2.50. The van der Waals surface area contributed by atoms with Crippen molar-refractivity contribution in [2.24, 2.45) is 11.8 Å². The van der Waals surface area contributed by atoms with Crippen LogP contribution in [0, 0.1) is 11.8 Å². The van der Waals surface area contributed by atoms with Gasteiger partial charge in [0.05, 0.1) is 13.2 Å². The van der Waals surface area contributed by atoms with Gasteiger partial charge in [-0.1, -0.05) is 27.7 Å². The molecule has 0 bridgehead atoms. The fourth-order valence-corrected chi connectivity index (χ4v) is 0.866. The van der Waals surface area contributed by atoms with E-state index in [1.54, 1.807) is 55.4 Å². The summed E-state index contributed by atoms with van der Waals surface area (Å²) in [5.41, 5.74) is 0. The number of hydrogen-bond donors (Lipinski definition) is 0. The van der Waals surface area contributed by atoms with Crippen molar-refractivity contribution in [3.8, 4) is 0 Å². The van der Waals surface area contributed by atoms with Crippen molar-refractivity contribution in [1.82, 2.24) is 0 Å². The van der Waals surface area contributed by atoms with E-state index < -0.39 is 36.0 Å². The number of carbonyl (C=O) groups excluding carboxylic acids is 4. The molecule has 0 saturated carbocycles. The molecule has 0 aliphatic heterocycles. The molecule has 0 amide bonds. The van der Waals surface area contributed by atoms with Crippen LogP contribution in [0.5, 0.6) is 0 Å². The summed E-state index contributed by atoms with van der Waals surface area (Å²) >= 11 is 0. The molecule has 9 heteroatoms. The molecule has 0 aromatic rings. The van der Waals surface area contributed by atoms with Gasteiger partial charge in [-0.25, -0.2) is 0 Å². The molecule has 0 rings (SSSR count). The Morgan fingerprint density at radius 1 is 0.655 bits per heavy atom. The van der Waals surface area contributed by atoms with Crippen LogP contribution in [0.15, 0.2) is 0 Å². The van der Waals surface area contributed by atoms with E-state index in [0.717, 1.165) is 0 Å². The minimum Gasteiger partial charge on any atom is -0.852 e. The number of ether oxygens (including phenoxy) is 2. The molecular weight excluding hydrogens is 416 g/mol. The number of rotatable bonds is 6. The van der Waals surface area contributed by atoms with Crippen molar-refractivity contribution in [2.45, 2.75) is 81.4 Å². The zero-order chi connectivity index (χ0) is 23.4. The summed E-state index contributed by atoms with van der Waals surface area (Å²) < 4.78 is 9.21. The van der Waals surface area contributed by atoms with Crippen LogP contribution in [-0.2, 0) is 50.4 Å². The van der Waals surface area contributed by atoms with Crippen molar-refractivity contribution in [1.29, 1.82) is 0 Å². The summed E-state index contributed by atoms with van der Waals surface area (Å²) in [5, 5.41) is 19.1. The summed E-state index contributed by atoms with van der Waals surface area (Å²) in [6.45, 7) is 16.4. The Hall–Kier alpha value is -1.09. The van der Waals surface area contributed by atoms with Gasteiger partial charge >= 0.3 is 33.7 Å². The fraction of sp³-hybridized carbons (Fsp3) is 0.800. The second kappa shape index (κ2) is 25.0. The van der Waals surface area contributed by atoms with Gasteiger partial charge in [0.2, 0.25) is 0 Å². The van der Waals surface area contributed by atoms with Crippen molar-refractivity contribution < 1.29 is 60.6 Å². The Morgan fingerprint density at radius 2 is 0.828 bits per heavy atom. The monoisotopic (exact) mass is 454 g/mol. The van der Waals surface area contributed by atoms with Gasteiger partial charge in [-0.2, -0.15) is 0 Å². The predicted octanol–water partition coefficient (Wildman–Crippen LogP) is 1.06. The topological polar surface area (TPSA) is 133 Å². The van der Waals surface area contributed by atoms with E-state index in [0.29, 0.717) is 13.2 Å². The van der Waals surface area contributed by atoms with Gasteiger partial charge in [-0.05, 0) is 41.5 Å². The van der Waals surface area contributed by atoms with Gasteiger partial charge in [-0.3, -0.25) is 19.2 Å². The van der Waals surface area contributed by atoms with E-state index in [1.807, 2.05) is 0 Å². The van der Waals surface area contributed by atoms with Crippen LogP contribution in [0.4, 0.5) is 0 Å². The normalized spacial score (nSPS) is 11.0. The number of hydrogen-bond acceptors (Lipinski definition) is 8. The first-order chi connectivity index (χ1) is 12.6. The first kappa shape index (κ1) is 38.5. The molecule has 0 aromatic heterocycles. The molecule has 0 aliphatic rings. The number of Topliss-reactive ketones (excluding diaryl/α,β-unsaturated/α-hetero) is 2. The number of ketones is 2. The van der Waals surface area contributed by atoms with Crippen molar-refractivity contribution in [3.63, 3.8) is 0 Å². The average molecular weight is 454 g/mol. The maximum Gasteiger partial charge on any atom is 2.00 e. The summed E-state index contributed by atoms with van der Waals surface area (Å²) in [4.78, 5) is 42.6. The Bertz CT molecular complexity index is 391. The summed E-state index contributed by atoms with van der Waals surface area (Å²) in [5.74, 6) is -2.40. The molecule has 0 aliphatic carbocycles. The van der Waals surface area contributed by atoms with Gasteiger partial charge in [0.1, 0.15) is 23.4 Å². The van der Waals surface area contributed by atoms with Gasteiger partial charge in [0.25, 0.3) is 0 Å². The van der Waals surface area contributed by atoms with E-state index >= 15 is 0 Å². The molecule has 29 heavy (non-hydrogen) atoms. The minimum atomic E-state index is -0.611. The van der Waals surface area contributed by atoms with E-state index in [4.69, 9.17) is 0 Å². The Balaban J connectivity index is -0.0000000950. The van der Waals surface area contributed by atoms with Gasteiger partial charge < -0.3 is 19.7 Å². The summed E-state index contributed by atoms with van der Waals surface area (Å²) in [6.07, 6.45) is -0.833. The first-order valence-corrected chi connectivity index (χ1v) is 9.31. The van der Waals surface area contributed by atoms with Crippen LogP contribution < -0.4 is 10.2 Å². The largest absolute Gasteiger partial charge is 2.00 e. The van der Waals surface area contributed by atoms with Crippen LogP contribution in [0.1, 0.15) is 69.2 Å². The number of esters is 2. The second-order valence-electron chi connectivity index (χ2n) is 6.27. The molecular formula is C20H38O8Ti. The minimum absolute atomic E-state index is 0. The molecule has 0 aromatic carbocycles. The Kier molecular flexibility index (Phi) is 33.1. The van der Waals surface area contributed by atoms with Gasteiger partial charge in [-0.15, -0.1) is 12.2 Å². The van der Waals surface area contributed by atoms with Crippen molar-refractivity contribution in [3.05, 3.63) is 0 Å². The van der Waals surface area contributed by atoms with Crippen LogP contribution in [0.2, 0.25) is 0 Å². The maximum atomic E-state index is 10.7. The molecule has 170 valence electrons. The standard InChI is InChI=1S/2C7H12O3.2C3H7O.Ti/c2*1-4-10-7(9)5(2)6(3)8;2*1-3(2)4;/h2*5H,4H2,1-3H3;2*3H,1-2H3;/q;;2*-1;+2. The summed E-state index contributed by atoms with van der Waals surface area (Å²) in [7, 11) is 0. The molecule has 0 radical (unpaired) electrons. The van der Waals surface area contributed by atoms with Crippen LogP contribution in [0.3, 0.4) is 0 Å². The molecule has 0 fully saturated rings. The molecule has 0 spiro atoms. The van der Waals surface area contributed by atoms with E-state index in [-0.39, 0.29) is 33.3 Å². The SMILES string of the molecule is CC(C)[O-].CC(C)[O-].CCOC(=O)C(C)C(C)=O.CCOC(=O)C(C)C(C)=O.[Ti+2]. The number of carbonyl (C=O) groups is 4. The quantitative estimate of drug-likeness (QED) is 0.331. The molecule has 8 nitrogen and oxygen atoms in total. The molecule has 0 N–H and O–H groups in total. The van der Waals surface area contributed by atoms with Gasteiger partial charge in [0, 0.05) is 0 Å². The van der Waals surface area contributed by atoms with Crippen molar-refractivity contribution in [2.75, 3.05) is 13.2 Å². The smallest absolute Gasteiger partial charge is 0.852 e. The zero-order valence-corrected chi connectivity index (χ0v) is 21.1. The fourth-order valence-electron chi connectivity index (χ4n) is 0.866. The molecule has 2 unspecified atom stereocenters. The molecule has 0 heterocycles. The Morgan fingerprint density at radius 3 is 0.931 bits per heavy atom. The second-order valence-corrected chi connectivity index (χ2v) is 6.27. The van der Waals surface area contributed by atoms with Crippen molar-refractivity contribution >= 4 is 23.5 Å². The predicted molar refractivity (Wildman–Crippen MR) is 103 cm³/mol. The van der Waals surface area contributed by atoms with Gasteiger partial charge in [0.15, 0.2) is 0 Å².